The van der Waals surface area contributed by atoms with Crippen LogP contribution in [-0.4, -0.2) is 85.3 Å². The Morgan fingerprint density at radius 2 is 1.93 bits per heavy atom. The summed E-state index contributed by atoms with van der Waals surface area (Å²) in [6.45, 7) is 7.08. The Morgan fingerprint density at radius 1 is 1.14 bits per heavy atom. The summed E-state index contributed by atoms with van der Waals surface area (Å²) in [5.41, 5.74) is 0.535. The van der Waals surface area contributed by atoms with E-state index in [0.717, 1.165) is 32.1 Å². The van der Waals surface area contributed by atoms with Crippen molar-refractivity contribution in [1.82, 2.24) is 25.5 Å². The van der Waals surface area contributed by atoms with E-state index in [1.807, 2.05) is 0 Å². The van der Waals surface area contributed by atoms with E-state index in [4.69, 9.17) is 4.74 Å². The maximum atomic E-state index is 12.7. The molecule has 5 rings (SSSR count). The monoisotopic (exact) mass is 400 g/mol. The summed E-state index contributed by atoms with van der Waals surface area (Å²) < 4.78 is 5.37. The molecule has 29 heavy (non-hydrogen) atoms. The van der Waals surface area contributed by atoms with Crippen LogP contribution in [0.25, 0.3) is 0 Å². The van der Waals surface area contributed by atoms with Crippen LogP contribution in [0.5, 0.6) is 0 Å². The number of rotatable bonds is 4. The molecule has 4 aliphatic heterocycles. The molecule has 1 amide bonds. The highest BCUT2D eigenvalue weighted by molar-refractivity contribution is 5.93. The first-order chi connectivity index (χ1) is 14.3. The molecule has 0 aromatic carbocycles. The van der Waals surface area contributed by atoms with Crippen LogP contribution in [0.1, 0.15) is 36.0 Å². The van der Waals surface area contributed by atoms with E-state index in [2.05, 4.69) is 30.4 Å². The summed E-state index contributed by atoms with van der Waals surface area (Å²) in [4.78, 5) is 26.4. The third-order valence-electron chi connectivity index (χ3n) is 7.19. The molecule has 2 bridgehead atoms. The van der Waals surface area contributed by atoms with Gasteiger partial charge in [0.15, 0.2) is 0 Å². The number of hydrogen-bond donors (Lipinski definition) is 2. The summed E-state index contributed by atoms with van der Waals surface area (Å²) in [5.74, 6) is 2.01. The van der Waals surface area contributed by atoms with Gasteiger partial charge in [-0.15, -0.1) is 0 Å². The molecule has 0 spiro atoms. The Morgan fingerprint density at radius 3 is 2.76 bits per heavy atom. The van der Waals surface area contributed by atoms with Crippen molar-refractivity contribution in [3.8, 4) is 0 Å². The number of carbonyl (C=O) groups is 1. The second-order valence-electron chi connectivity index (χ2n) is 8.86. The summed E-state index contributed by atoms with van der Waals surface area (Å²) in [5, 5.41) is 6.82. The fourth-order valence-electron chi connectivity index (χ4n) is 5.71. The lowest BCUT2D eigenvalue weighted by Crippen LogP contribution is -2.65. The molecule has 0 radical (unpaired) electrons. The number of aromatic nitrogens is 2. The topological polar surface area (TPSA) is 82.6 Å². The smallest absolute Gasteiger partial charge is 0.254 e. The Kier molecular flexibility index (Phi) is 5.65. The van der Waals surface area contributed by atoms with E-state index >= 15 is 0 Å². The van der Waals surface area contributed by atoms with Crippen LogP contribution >= 0.6 is 0 Å². The van der Waals surface area contributed by atoms with Gasteiger partial charge in [-0.2, -0.15) is 0 Å². The minimum Gasteiger partial charge on any atom is -0.378 e. The minimum atomic E-state index is -0.0713. The lowest BCUT2D eigenvalue weighted by atomic mass is 9.73. The molecule has 4 saturated heterocycles. The van der Waals surface area contributed by atoms with Crippen LogP contribution in [0.15, 0.2) is 12.4 Å². The summed E-state index contributed by atoms with van der Waals surface area (Å²) in [6.07, 6.45) is 8.52. The predicted molar refractivity (Wildman–Crippen MR) is 110 cm³/mol. The minimum absolute atomic E-state index is 0.0713. The lowest BCUT2D eigenvalue weighted by Gasteiger charge is -2.55. The van der Waals surface area contributed by atoms with Crippen molar-refractivity contribution in [2.45, 2.75) is 37.8 Å². The van der Waals surface area contributed by atoms with Gasteiger partial charge in [-0.05, 0) is 50.7 Å². The lowest BCUT2D eigenvalue weighted by molar-refractivity contribution is -0.0371. The average Bonchev–Trinajstić information content (AvgIpc) is 2.80. The molecule has 0 unspecified atom stereocenters. The first-order valence-electron chi connectivity index (χ1n) is 11.2. The molecule has 0 aliphatic carbocycles. The highest BCUT2D eigenvalue weighted by Crippen LogP contribution is 2.38. The maximum absolute atomic E-state index is 12.7. The highest BCUT2D eigenvalue weighted by Gasteiger charge is 2.45. The van der Waals surface area contributed by atoms with Crippen molar-refractivity contribution in [2.75, 3.05) is 57.4 Å². The Balaban J connectivity index is 1.21. The van der Waals surface area contributed by atoms with E-state index in [1.54, 1.807) is 12.4 Å². The molecular weight excluding hydrogens is 368 g/mol. The number of morpholine rings is 1. The molecule has 4 atom stereocenters. The van der Waals surface area contributed by atoms with Crippen LogP contribution < -0.4 is 15.5 Å². The molecule has 8 heteroatoms. The normalized spacial score (nSPS) is 32.5. The predicted octanol–water partition coefficient (Wildman–Crippen LogP) is 0.505. The van der Waals surface area contributed by atoms with E-state index < -0.39 is 0 Å². The molecule has 8 nitrogen and oxygen atoms in total. The molecular formula is C21H32N6O2. The van der Waals surface area contributed by atoms with Gasteiger partial charge in [-0.3, -0.25) is 9.69 Å². The summed E-state index contributed by atoms with van der Waals surface area (Å²) >= 11 is 0. The van der Waals surface area contributed by atoms with Gasteiger partial charge in [-0.1, -0.05) is 6.42 Å². The van der Waals surface area contributed by atoms with Crippen molar-refractivity contribution in [3.05, 3.63) is 18.0 Å². The summed E-state index contributed by atoms with van der Waals surface area (Å²) in [6, 6.07) is 1.12. The number of nitrogens with zero attached hydrogens (tertiary/aromatic N) is 4. The zero-order chi connectivity index (χ0) is 19.6. The van der Waals surface area contributed by atoms with Crippen LogP contribution in [0, 0.1) is 11.8 Å². The SMILES string of the molecule is O=C(NC[C@H]1[C@@H]2CNC[C@@H](C2)[C@@H]2CCCCN21)c1cnc(N2CCOCC2)nc1. The Hall–Kier alpha value is -1.77. The third-order valence-corrected chi connectivity index (χ3v) is 7.19. The fraction of sp³-hybridized carbons (Fsp3) is 0.762. The number of anilines is 1. The van der Waals surface area contributed by atoms with Gasteiger partial charge in [0.1, 0.15) is 0 Å². The number of fused-ring (bicyclic) bond motifs is 4. The van der Waals surface area contributed by atoms with Gasteiger partial charge in [0.2, 0.25) is 5.95 Å². The number of ether oxygens (including phenoxy) is 1. The summed E-state index contributed by atoms with van der Waals surface area (Å²) in [7, 11) is 0. The molecule has 0 saturated carbocycles. The first-order valence-corrected chi connectivity index (χ1v) is 11.2. The number of carbonyl (C=O) groups excluding carboxylic acids is 1. The number of amides is 1. The number of piperidine rings is 3. The van der Waals surface area contributed by atoms with Crippen LogP contribution in [0.4, 0.5) is 5.95 Å². The molecule has 1 aromatic rings. The second kappa shape index (κ2) is 8.53. The van der Waals surface area contributed by atoms with Crippen LogP contribution in [0.3, 0.4) is 0 Å². The van der Waals surface area contributed by atoms with Crippen LogP contribution in [0.2, 0.25) is 0 Å². The Bertz CT molecular complexity index is 708. The molecule has 2 N–H and O–H groups in total. The first kappa shape index (κ1) is 19.2. The number of hydrogen-bond acceptors (Lipinski definition) is 7. The van der Waals surface area contributed by atoms with Gasteiger partial charge >= 0.3 is 0 Å². The van der Waals surface area contributed by atoms with Crippen molar-refractivity contribution in [3.63, 3.8) is 0 Å². The largest absolute Gasteiger partial charge is 0.378 e. The maximum Gasteiger partial charge on any atom is 0.254 e. The zero-order valence-corrected chi connectivity index (χ0v) is 17.1. The second-order valence-corrected chi connectivity index (χ2v) is 8.86. The van der Waals surface area contributed by atoms with Gasteiger partial charge in [-0.25, -0.2) is 9.97 Å². The average molecular weight is 401 g/mol. The van der Waals surface area contributed by atoms with E-state index in [-0.39, 0.29) is 5.91 Å². The van der Waals surface area contributed by atoms with Crippen molar-refractivity contribution in [2.24, 2.45) is 11.8 Å². The van der Waals surface area contributed by atoms with Crippen LogP contribution in [-0.2, 0) is 4.74 Å². The molecule has 4 aliphatic rings. The standard InChI is InChI=1S/C21H32N6O2/c28-20(17-12-24-21(25-13-17)26-5-7-29-8-6-26)23-14-19-16-9-15(10-22-11-16)18-3-1-2-4-27(18)19/h12-13,15-16,18-19,22H,1-11,14H2,(H,23,28)/t15-,16+,18+,19+/m1/s1. The number of nitrogens with one attached hydrogen (secondary N) is 2. The molecule has 158 valence electrons. The van der Waals surface area contributed by atoms with E-state index in [0.29, 0.717) is 49.3 Å². The quantitative estimate of drug-likeness (QED) is 0.762. The molecule has 5 heterocycles. The fourth-order valence-corrected chi connectivity index (χ4v) is 5.71. The Labute approximate surface area is 172 Å². The van der Waals surface area contributed by atoms with Gasteiger partial charge in [0, 0.05) is 44.1 Å². The van der Waals surface area contributed by atoms with E-state index in [1.165, 1.54) is 32.2 Å². The van der Waals surface area contributed by atoms with Gasteiger partial charge in [0.05, 0.1) is 18.8 Å². The van der Waals surface area contributed by atoms with Crippen molar-refractivity contribution >= 4 is 11.9 Å². The molecule has 1 aromatic heterocycles. The van der Waals surface area contributed by atoms with Crippen molar-refractivity contribution < 1.29 is 9.53 Å². The third kappa shape index (κ3) is 3.98. The molecule has 4 fully saturated rings. The van der Waals surface area contributed by atoms with Gasteiger partial charge < -0.3 is 20.3 Å². The van der Waals surface area contributed by atoms with E-state index in [9.17, 15) is 4.79 Å². The zero-order valence-electron chi connectivity index (χ0n) is 17.1. The van der Waals surface area contributed by atoms with Crippen molar-refractivity contribution in [1.29, 1.82) is 0 Å². The highest BCUT2D eigenvalue weighted by atomic mass is 16.5. The van der Waals surface area contributed by atoms with Gasteiger partial charge in [0.25, 0.3) is 5.91 Å².